The first kappa shape index (κ1) is 12.0. The van der Waals surface area contributed by atoms with Gasteiger partial charge in [0.1, 0.15) is 5.75 Å². The molecule has 2 N–H and O–H groups in total. The lowest BCUT2D eigenvalue weighted by molar-refractivity contribution is 0.169. The van der Waals surface area contributed by atoms with Gasteiger partial charge in [0.2, 0.25) is 0 Å². The van der Waals surface area contributed by atoms with E-state index in [1.54, 1.807) is 19.1 Å². The Morgan fingerprint density at radius 1 is 1.53 bits per heavy atom. The molecule has 0 saturated carbocycles. The van der Waals surface area contributed by atoms with Gasteiger partial charge in [0, 0.05) is 11.6 Å². The average molecular weight is 209 g/mol. The molecule has 1 aromatic rings. The van der Waals surface area contributed by atoms with Gasteiger partial charge >= 0.3 is 0 Å². The highest BCUT2D eigenvalue weighted by molar-refractivity contribution is 5.31. The van der Waals surface area contributed by atoms with Crippen LogP contribution in [0.5, 0.6) is 5.75 Å². The zero-order chi connectivity index (χ0) is 11.1. The van der Waals surface area contributed by atoms with Crippen LogP contribution in [0.2, 0.25) is 0 Å². The number of rotatable bonds is 6. The molecule has 0 bridgehead atoms. The summed E-state index contributed by atoms with van der Waals surface area (Å²) in [7, 11) is 0. The van der Waals surface area contributed by atoms with E-state index in [-0.39, 0.29) is 12.7 Å². The van der Waals surface area contributed by atoms with E-state index in [1.807, 2.05) is 6.07 Å². The van der Waals surface area contributed by atoms with Crippen LogP contribution in [-0.4, -0.2) is 22.9 Å². The predicted molar refractivity (Wildman–Crippen MR) is 57.6 cm³/mol. The molecule has 3 heteroatoms. The minimum atomic E-state index is -0.286. The second kappa shape index (κ2) is 6.43. The van der Waals surface area contributed by atoms with E-state index < -0.39 is 0 Å². The van der Waals surface area contributed by atoms with Crippen molar-refractivity contribution < 1.29 is 14.9 Å². The number of para-hydroxylation sites is 1. The lowest BCUT2D eigenvalue weighted by atomic mass is 10.2. The summed E-state index contributed by atoms with van der Waals surface area (Å²) in [6.07, 6.45) is 1.23. The zero-order valence-electron chi connectivity index (χ0n) is 8.94. The van der Waals surface area contributed by atoms with Crippen molar-refractivity contribution in [1.82, 2.24) is 0 Å². The average Bonchev–Trinajstić information content (AvgIpc) is 2.24. The Morgan fingerprint density at radius 3 is 3.00 bits per heavy atom. The minimum absolute atomic E-state index is 0.0386. The summed E-state index contributed by atoms with van der Waals surface area (Å²) in [5.74, 6) is 0.602. The van der Waals surface area contributed by atoms with Crippen molar-refractivity contribution in [1.29, 1.82) is 0 Å². The monoisotopic (exact) mass is 209 g/mol. The molecule has 1 atom stereocenters. The van der Waals surface area contributed by atoms with Gasteiger partial charge in [-0.3, -0.25) is 0 Å². The van der Waals surface area contributed by atoms with Crippen molar-refractivity contribution in [3.05, 3.63) is 29.8 Å². The Labute approximate surface area is 90.3 Å². The van der Waals surface area contributed by atoms with Crippen molar-refractivity contribution in [2.24, 2.45) is 0 Å². The lowest BCUT2D eigenvalue weighted by Gasteiger charge is -2.09. The van der Waals surface area contributed by atoms with Gasteiger partial charge in [0.15, 0.2) is 0 Å². The van der Waals surface area contributed by atoms with Gasteiger partial charge in [-0.05, 0) is 19.8 Å². The van der Waals surface area contributed by atoms with Gasteiger partial charge in [0.05, 0.1) is 19.3 Å². The van der Waals surface area contributed by atoms with Crippen molar-refractivity contribution >= 4 is 0 Å². The van der Waals surface area contributed by atoms with E-state index in [0.717, 1.165) is 18.4 Å². The second-order valence-electron chi connectivity index (χ2n) is 3.52. The van der Waals surface area contributed by atoms with E-state index in [9.17, 15) is 0 Å². The van der Waals surface area contributed by atoms with Crippen LogP contribution in [0, 0.1) is 6.07 Å². The summed E-state index contributed by atoms with van der Waals surface area (Å²) in [6.45, 7) is 2.26. The van der Waals surface area contributed by atoms with Crippen LogP contribution in [0.25, 0.3) is 0 Å². The molecule has 0 aromatic heterocycles. The van der Waals surface area contributed by atoms with Crippen LogP contribution in [0.1, 0.15) is 25.3 Å². The van der Waals surface area contributed by atoms with Crippen molar-refractivity contribution in [2.45, 2.75) is 32.5 Å². The summed E-state index contributed by atoms with van der Waals surface area (Å²) in [4.78, 5) is 0. The number of aliphatic hydroxyl groups excluding tert-OH is 2. The standard InChI is InChI=1S/C12H17O3/c1-10(14)5-4-8-15-12-7-3-2-6-11(12)9-13/h2-3,6,10,13-14H,4-5,8-9H2,1H3. The molecule has 15 heavy (non-hydrogen) atoms. The largest absolute Gasteiger partial charge is 0.493 e. The number of benzene rings is 1. The Hall–Kier alpha value is -1.06. The molecule has 0 aliphatic rings. The third-order valence-electron chi connectivity index (χ3n) is 2.08. The Bertz CT molecular complexity index is 284. The highest BCUT2D eigenvalue weighted by atomic mass is 16.5. The van der Waals surface area contributed by atoms with Gasteiger partial charge < -0.3 is 14.9 Å². The van der Waals surface area contributed by atoms with Crippen LogP contribution >= 0.6 is 0 Å². The fourth-order valence-corrected chi connectivity index (χ4v) is 1.27. The smallest absolute Gasteiger partial charge is 0.132 e. The lowest BCUT2D eigenvalue weighted by Crippen LogP contribution is -2.05. The molecule has 1 radical (unpaired) electrons. The number of ether oxygens (including phenoxy) is 1. The molecule has 0 fully saturated rings. The predicted octanol–water partition coefficient (Wildman–Crippen LogP) is 1.52. The fraction of sp³-hybridized carbons (Fsp3) is 0.500. The first-order valence-electron chi connectivity index (χ1n) is 5.15. The highest BCUT2D eigenvalue weighted by Crippen LogP contribution is 2.17. The van der Waals surface area contributed by atoms with E-state index >= 15 is 0 Å². The molecule has 1 aromatic carbocycles. The maximum absolute atomic E-state index is 9.05. The maximum Gasteiger partial charge on any atom is 0.132 e. The van der Waals surface area contributed by atoms with Gasteiger partial charge in [-0.2, -0.15) is 0 Å². The second-order valence-corrected chi connectivity index (χ2v) is 3.52. The normalized spacial score (nSPS) is 12.5. The van der Waals surface area contributed by atoms with E-state index in [4.69, 9.17) is 14.9 Å². The first-order chi connectivity index (χ1) is 7.24. The molecule has 1 rings (SSSR count). The highest BCUT2D eigenvalue weighted by Gasteiger charge is 2.02. The van der Waals surface area contributed by atoms with Gasteiger partial charge in [0.25, 0.3) is 0 Å². The quantitative estimate of drug-likeness (QED) is 0.698. The van der Waals surface area contributed by atoms with E-state index in [1.165, 1.54) is 0 Å². The summed E-state index contributed by atoms with van der Waals surface area (Å²) in [6, 6.07) is 8.30. The summed E-state index contributed by atoms with van der Waals surface area (Å²) >= 11 is 0. The van der Waals surface area contributed by atoms with E-state index in [0.29, 0.717) is 12.4 Å². The summed E-state index contributed by atoms with van der Waals surface area (Å²) in [5, 5.41) is 18.1. The van der Waals surface area contributed by atoms with Crippen molar-refractivity contribution in [2.75, 3.05) is 6.61 Å². The zero-order valence-corrected chi connectivity index (χ0v) is 8.94. The van der Waals surface area contributed by atoms with Crippen LogP contribution < -0.4 is 4.74 Å². The molecule has 0 spiro atoms. The van der Waals surface area contributed by atoms with Crippen LogP contribution in [0.3, 0.4) is 0 Å². The van der Waals surface area contributed by atoms with Gasteiger partial charge in [-0.15, -0.1) is 0 Å². The van der Waals surface area contributed by atoms with Crippen LogP contribution in [-0.2, 0) is 6.61 Å². The summed E-state index contributed by atoms with van der Waals surface area (Å²) < 4.78 is 5.45. The van der Waals surface area contributed by atoms with Crippen LogP contribution in [0.4, 0.5) is 0 Å². The fourth-order valence-electron chi connectivity index (χ4n) is 1.27. The Kier molecular flexibility index (Phi) is 5.15. The molecule has 1 unspecified atom stereocenters. The molecular formula is C12H17O3. The third kappa shape index (κ3) is 4.32. The van der Waals surface area contributed by atoms with E-state index in [2.05, 4.69) is 6.07 Å². The van der Waals surface area contributed by atoms with Crippen LogP contribution in [0.15, 0.2) is 18.2 Å². The molecule has 0 saturated heterocycles. The molecular weight excluding hydrogens is 192 g/mol. The van der Waals surface area contributed by atoms with Crippen molar-refractivity contribution in [3.8, 4) is 5.75 Å². The van der Waals surface area contributed by atoms with Gasteiger partial charge in [-0.25, -0.2) is 0 Å². The molecule has 0 aliphatic heterocycles. The molecule has 0 aliphatic carbocycles. The van der Waals surface area contributed by atoms with Crippen molar-refractivity contribution in [3.63, 3.8) is 0 Å². The molecule has 83 valence electrons. The molecule has 0 heterocycles. The number of aliphatic hydroxyl groups is 2. The SMILES string of the molecule is CC(O)CCCOc1[c]cccc1CO. The maximum atomic E-state index is 9.05. The summed E-state index contributed by atoms with van der Waals surface area (Å²) in [5.41, 5.74) is 0.745. The molecule has 3 nitrogen and oxygen atoms in total. The topological polar surface area (TPSA) is 49.7 Å². The third-order valence-corrected chi connectivity index (χ3v) is 2.08. The first-order valence-corrected chi connectivity index (χ1v) is 5.15. The molecule has 0 amide bonds. The number of hydrogen-bond donors (Lipinski definition) is 2. The minimum Gasteiger partial charge on any atom is -0.493 e. The van der Waals surface area contributed by atoms with Gasteiger partial charge in [-0.1, -0.05) is 18.2 Å². The number of hydrogen-bond acceptors (Lipinski definition) is 3. The Morgan fingerprint density at radius 2 is 2.33 bits per heavy atom. The Balaban J connectivity index is 2.36.